The number of aryl methyl sites for hydroxylation is 1. The third-order valence-electron chi connectivity index (χ3n) is 3.50. The molecule has 2 aromatic rings. The Bertz CT molecular complexity index is 628. The molecule has 1 N–H and O–H groups in total. The maximum Gasteiger partial charge on any atom is 0.309 e. The predicted molar refractivity (Wildman–Crippen MR) is 72.7 cm³/mol. The van der Waals surface area contributed by atoms with Crippen molar-refractivity contribution in [2.45, 2.75) is 33.7 Å². The number of aliphatic carboxylic acids is 1. The second kappa shape index (κ2) is 4.68. The summed E-state index contributed by atoms with van der Waals surface area (Å²) in [5.41, 5.74) is 0.811. The summed E-state index contributed by atoms with van der Waals surface area (Å²) in [4.78, 5) is 11.2. The van der Waals surface area contributed by atoms with Gasteiger partial charge in [-0.3, -0.25) is 4.79 Å². The number of rotatable bonds is 4. The van der Waals surface area contributed by atoms with Gasteiger partial charge in [-0.1, -0.05) is 6.07 Å². The Morgan fingerprint density at radius 3 is 2.68 bits per heavy atom. The number of halogens is 1. The first-order valence-corrected chi connectivity index (χ1v) is 6.37. The summed E-state index contributed by atoms with van der Waals surface area (Å²) >= 11 is 0. The summed E-state index contributed by atoms with van der Waals surface area (Å²) in [7, 11) is 0. The van der Waals surface area contributed by atoms with Crippen molar-refractivity contribution in [3.05, 3.63) is 35.8 Å². The molecule has 102 valence electrons. The third-order valence-corrected chi connectivity index (χ3v) is 3.50. The highest BCUT2D eigenvalue weighted by Crippen LogP contribution is 2.28. The van der Waals surface area contributed by atoms with Gasteiger partial charge in [-0.15, -0.1) is 0 Å². The van der Waals surface area contributed by atoms with E-state index >= 15 is 0 Å². The van der Waals surface area contributed by atoms with Crippen LogP contribution in [0.15, 0.2) is 24.3 Å². The van der Waals surface area contributed by atoms with Crippen LogP contribution >= 0.6 is 0 Å². The Hall–Kier alpha value is -1.84. The van der Waals surface area contributed by atoms with Crippen molar-refractivity contribution in [1.29, 1.82) is 0 Å². The van der Waals surface area contributed by atoms with Crippen LogP contribution in [0.3, 0.4) is 0 Å². The molecule has 1 heterocycles. The summed E-state index contributed by atoms with van der Waals surface area (Å²) in [5.74, 6) is -1.11. The van der Waals surface area contributed by atoms with Gasteiger partial charge < -0.3 is 9.67 Å². The van der Waals surface area contributed by atoms with E-state index in [1.807, 2.05) is 17.6 Å². The van der Waals surface area contributed by atoms with E-state index in [1.165, 1.54) is 6.07 Å². The molecule has 1 aromatic heterocycles. The number of hydrogen-bond acceptors (Lipinski definition) is 1. The smallest absolute Gasteiger partial charge is 0.309 e. The SMILES string of the molecule is CCn1c(CC(C)(C)C(=O)O)cc2c(F)cccc21. The van der Waals surface area contributed by atoms with Gasteiger partial charge in [0.15, 0.2) is 0 Å². The van der Waals surface area contributed by atoms with Crippen LogP contribution in [-0.2, 0) is 17.8 Å². The molecule has 3 nitrogen and oxygen atoms in total. The van der Waals surface area contributed by atoms with Crippen LogP contribution in [-0.4, -0.2) is 15.6 Å². The third kappa shape index (κ3) is 2.35. The number of carboxylic acid groups (broad SMARTS) is 1. The van der Waals surface area contributed by atoms with Gasteiger partial charge in [0.1, 0.15) is 5.82 Å². The zero-order valence-electron chi connectivity index (χ0n) is 11.4. The zero-order valence-corrected chi connectivity index (χ0v) is 11.4. The Morgan fingerprint density at radius 2 is 2.11 bits per heavy atom. The van der Waals surface area contributed by atoms with E-state index in [0.29, 0.717) is 18.4 Å². The minimum atomic E-state index is -0.863. The molecular weight excluding hydrogens is 245 g/mol. The Kier molecular flexibility index (Phi) is 3.35. The van der Waals surface area contributed by atoms with Crippen LogP contribution in [0.4, 0.5) is 4.39 Å². The van der Waals surface area contributed by atoms with Crippen LogP contribution in [0, 0.1) is 11.2 Å². The van der Waals surface area contributed by atoms with Crippen LogP contribution in [0.1, 0.15) is 26.5 Å². The second-order valence-electron chi connectivity index (χ2n) is 5.42. The molecule has 4 heteroatoms. The molecule has 0 radical (unpaired) electrons. The number of carbonyl (C=O) groups is 1. The molecule has 0 bridgehead atoms. The van der Waals surface area contributed by atoms with E-state index in [4.69, 9.17) is 0 Å². The average Bonchev–Trinajstić information content (AvgIpc) is 2.67. The molecule has 1 aromatic carbocycles. The largest absolute Gasteiger partial charge is 0.481 e. The Labute approximate surface area is 111 Å². The molecule has 0 spiro atoms. The van der Waals surface area contributed by atoms with Gasteiger partial charge in [0.25, 0.3) is 0 Å². The molecule has 0 saturated heterocycles. The standard InChI is InChI=1S/C15H18FNO2/c1-4-17-10(9-15(2,3)14(18)19)8-11-12(16)6-5-7-13(11)17/h5-8H,4,9H2,1-3H3,(H,18,19). The van der Waals surface area contributed by atoms with Gasteiger partial charge in [-0.2, -0.15) is 0 Å². The van der Waals surface area contributed by atoms with Crippen molar-refractivity contribution >= 4 is 16.9 Å². The molecule has 0 saturated carbocycles. The fourth-order valence-electron chi connectivity index (χ4n) is 2.35. The molecule has 0 aliphatic carbocycles. The lowest BCUT2D eigenvalue weighted by Gasteiger charge is -2.20. The first-order chi connectivity index (χ1) is 8.86. The zero-order chi connectivity index (χ0) is 14.2. The molecule has 0 atom stereocenters. The van der Waals surface area contributed by atoms with E-state index in [-0.39, 0.29) is 5.82 Å². The van der Waals surface area contributed by atoms with Crippen LogP contribution in [0.25, 0.3) is 10.9 Å². The van der Waals surface area contributed by atoms with Crippen molar-refractivity contribution in [1.82, 2.24) is 4.57 Å². The molecular formula is C15H18FNO2. The van der Waals surface area contributed by atoms with Crippen LogP contribution in [0.5, 0.6) is 0 Å². The van der Waals surface area contributed by atoms with Crippen molar-refractivity contribution in [3.63, 3.8) is 0 Å². The van der Waals surface area contributed by atoms with Crippen molar-refractivity contribution in [3.8, 4) is 0 Å². The molecule has 0 aliphatic heterocycles. The van der Waals surface area contributed by atoms with Gasteiger partial charge in [0.2, 0.25) is 0 Å². The van der Waals surface area contributed by atoms with Crippen molar-refractivity contribution < 1.29 is 14.3 Å². The highest BCUT2D eigenvalue weighted by atomic mass is 19.1. The maximum atomic E-state index is 13.8. The van der Waals surface area contributed by atoms with Crippen LogP contribution in [0.2, 0.25) is 0 Å². The minimum absolute atomic E-state index is 0.265. The lowest BCUT2D eigenvalue weighted by atomic mass is 9.88. The maximum absolute atomic E-state index is 13.8. The first kappa shape index (κ1) is 13.6. The van der Waals surface area contributed by atoms with E-state index in [2.05, 4.69) is 0 Å². The Morgan fingerprint density at radius 1 is 1.42 bits per heavy atom. The van der Waals surface area contributed by atoms with Gasteiger partial charge in [-0.05, 0) is 39.0 Å². The predicted octanol–water partition coefficient (Wildman–Crippen LogP) is 3.45. The van der Waals surface area contributed by atoms with E-state index < -0.39 is 11.4 Å². The van der Waals surface area contributed by atoms with E-state index in [9.17, 15) is 14.3 Å². The van der Waals surface area contributed by atoms with E-state index in [1.54, 1.807) is 26.0 Å². The monoisotopic (exact) mass is 263 g/mol. The van der Waals surface area contributed by atoms with Gasteiger partial charge in [0, 0.05) is 24.0 Å². The second-order valence-corrected chi connectivity index (χ2v) is 5.42. The van der Waals surface area contributed by atoms with Gasteiger partial charge in [0.05, 0.1) is 10.9 Å². The first-order valence-electron chi connectivity index (χ1n) is 6.37. The number of fused-ring (bicyclic) bond motifs is 1. The number of carboxylic acids is 1. The number of hydrogen-bond donors (Lipinski definition) is 1. The summed E-state index contributed by atoms with van der Waals surface area (Å²) in [6.07, 6.45) is 0.379. The van der Waals surface area contributed by atoms with Crippen LogP contribution < -0.4 is 0 Å². The number of benzene rings is 1. The molecule has 2 rings (SSSR count). The molecule has 0 fully saturated rings. The van der Waals surface area contributed by atoms with E-state index in [0.717, 1.165) is 11.2 Å². The van der Waals surface area contributed by atoms with Crippen molar-refractivity contribution in [2.24, 2.45) is 5.41 Å². The number of aromatic nitrogens is 1. The summed E-state index contributed by atoms with van der Waals surface area (Å²) in [6, 6.07) is 6.72. The minimum Gasteiger partial charge on any atom is -0.481 e. The summed E-state index contributed by atoms with van der Waals surface area (Å²) < 4.78 is 15.8. The fraction of sp³-hybridized carbons (Fsp3) is 0.400. The summed E-state index contributed by atoms with van der Waals surface area (Å²) in [6.45, 7) is 6.03. The van der Waals surface area contributed by atoms with Gasteiger partial charge >= 0.3 is 5.97 Å². The molecule has 0 aliphatic rings. The lowest BCUT2D eigenvalue weighted by Crippen LogP contribution is -2.27. The number of nitrogens with zero attached hydrogens (tertiary/aromatic N) is 1. The normalized spacial score (nSPS) is 12.0. The molecule has 0 amide bonds. The topological polar surface area (TPSA) is 42.2 Å². The van der Waals surface area contributed by atoms with Crippen molar-refractivity contribution in [2.75, 3.05) is 0 Å². The molecule has 19 heavy (non-hydrogen) atoms. The Balaban J connectivity index is 2.55. The quantitative estimate of drug-likeness (QED) is 0.918. The fourth-order valence-corrected chi connectivity index (χ4v) is 2.35. The highest BCUT2D eigenvalue weighted by Gasteiger charge is 2.29. The summed E-state index contributed by atoms with van der Waals surface area (Å²) in [5, 5.41) is 9.77. The molecule has 0 unspecified atom stereocenters. The highest BCUT2D eigenvalue weighted by molar-refractivity contribution is 5.82. The van der Waals surface area contributed by atoms with Gasteiger partial charge in [-0.25, -0.2) is 4.39 Å². The average molecular weight is 263 g/mol. The lowest BCUT2D eigenvalue weighted by molar-refractivity contribution is -0.146.